The summed E-state index contributed by atoms with van der Waals surface area (Å²) in [5, 5.41) is 19.5. The number of nitro groups is 1. The van der Waals surface area contributed by atoms with Crippen LogP contribution in [0.1, 0.15) is 13.3 Å². The Morgan fingerprint density at radius 3 is 2.65 bits per heavy atom. The van der Waals surface area contributed by atoms with Crippen LogP contribution in [-0.4, -0.2) is 30.7 Å². The van der Waals surface area contributed by atoms with Gasteiger partial charge in [0, 0.05) is 31.3 Å². The number of nitro benzene ring substituents is 1. The fourth-order valence-electron chi connectivity index (χ4n) is 1.65. The number of nitrogens with two attached hydrogens (primary N) is 1. The van der Waals surface area contributed by atoms with Crippen LogP contribution < -0.4 is 5.73 Å². The highest BCUT2D eigenvalue weighted by Crippen LogP contribution is 2.28. The topological polar surface area (TPSA) is 130 Å². The highest BCUT2D eigenvalue weighted by Gasteiger charge is 2.30. The first-order valence-corrected chi connectivity index (χ1v) is 7.19. The standard InChI is InChI=1S/C11H14N4O4S/c1-2-14(7-3-6-12)20(18,19)11-8-9(13)4-5-10(11)15(16)17/h4-5,8H,2-3,7,13H2,1H3. The molecule has 0 aliphatic carbocycles. The van der Waals surface area contributed by atoms with Crippen LogP contribution >= 0.6 is 0 Å². The van der Waals surface area contributed by atoms with E-state index in [0.717, 1.165) is 16.4 Å². The zero-order chi connectivity index (χ0) is 15.3. The van der Waals surface area contributed by atoms with Crippen molar-refractivity contribution in [2.45, 2.75) is 18.2 Å². The highest BCUT2D eigenvalue weighted by atomic mass is 32.2. The lowest BCUT2D eigenvalue weighted by Crippen LogP contribution is -2.32. The molecule has 0 aromatic heterocycles. The van der Waals surface area contributed by atoms with Crippen LogP contribution in [0.2, 0.25) is 0 Å². The molecule has 0 heterocycles. The summed E-state index contributed by atoms with van der Waals surface area (Å²) in [6.45, 7) is 1.67. The van der Waals surface area contributed by atoms with E-state index in [1.54, 1.807) is 6.92 Å². The quantitative estimate of drug-likeness (QED) is 0.475. The Morgan fingerprint density at radius 2 is 2.15 bits per heavy atom. The van der Waals surface area contributed by atoms with Gasteiger partial charge in [-0.05, 0) is 12.1 Å². The molecule has 0 amide bonds. The van der Waals surface area contributed by atoms with Gasteiger partial charge in [-0.1, -0.05) is 6.92 Å². The molecule has 8 nitrogen and oxygen atoms in total. The molecule has 0 fully saturated rings. The number of benzene rings is 1. The minimum atomic E-state index is -4.06. The Kier molecular flexibility index (Phi) is 5.01. The van der Waals surface area contributed by atoms with Gasteiger partial charge in [-0.2, -0.15) is 9.57 Å². The van der Waals surface area contributed by atoms with Crippen LogP contribution in [-0.2, 0) is 10.0 Å². The van der Waals surface area contributed by atoms with Gasteiger partial charge in [-0.25, -0.2) is 8.42 Å². The van der Waals surface area contributed by atoms with E-state index in [0.29, 0.717) is 0 Å². The summed E-state index contributed by atoms with van der Waals surface area (Å²) in [4.78, 5) is 9.70. The lowest BCUT2D eigenvalue weighted by atomic mass is 10.3. The number of sulfonamides is 1. The molecule has 0 atom stereocenters. The van der Waals surface area contributed by atoms with Gasteiger partial charge in [0.05, 0.1) is 11.0 Å². The first-order valence-electron chi connectivity index (χ1n) is 5.75. The van der Waals surface area contributed by atoms with Crippen molar-refractivity contribution in [3.8, 4) is 6.07 Å². The van der Waals surface area contributed by atoms with Crippen LogP contribution in [0.3, 0.4) is 0 Å². The maximum atomic E-state index is 12.4. The molecule has 0 aliphatic rings. The zero-order valence-corrected chi connectivity index (χ0v) is 11.6. The lowest BCUT2D eigenvalue weighted by molar-refractivity contribution is -0.387. The van der Waals surface area contributed by atoms with E-state index in [1.807, 2.05) is 6.07 Å². The third-order valence-electron chi connectivity index (χ3n) is 2.62. The van der Waals surface area contributed by atoms with Crippen molar-refractivity contribution >= 4 is 21.4 Å². The molecule has 0 saturated carbocycles. The maximum Gasteiger partial charge on any atom is 0.289 e. The summed E-state index contributed by atoms with van der Waals surface area (Å²) in [6, 6.07) is 5.22. The molecule has 0 saturated heterocycles. The molecule has 0 radical (unpaired) electrons. The number of anilines is 1. The Morgan fingerprint density at radius 1 is 1.50 bits per heavy atom. The van der Waals surface area contributed by atoms with Crippen LogP contribution in [0.4, 0.5) is 11.4 Å². The summed E-state index contributed by atoms with van der Waals surface area (Å²) in [5.41, 5.74) is 5.09. The Hall–Kier alpha value is -2.18. The predicted octanol–water partition coefficient (Wildman–Crippen LogP) is 1.10. The van der Waals surface area contributed by atoms with E-state index in [2.05, 4.69) is 0 Å². The Bertz CT molecular complexity index is 651. The van der Waals surface area contributed by atoms with Crippen molar-refractivity contribution in [3.05, 3.63) is 28.3 Å². The third kappa shape index (κ3) is 3.23. The van der Waals surface area contributed by atoms with Gasteiger partial charge in [-0.15, -0.1) is 0 Å². The maximum absolute atomic E-state index is 12.4. The van der Waals surface area contributed by atoms with Crippen LogP contribution in [0.25, 0.3) is 0 Å². The van der Waals surface area contributed by atoms with E-state index < -0.39 is 25.5 Å². The molecule has 0 spiro atoms. The molecule has 9 heteroatoms. The van der Waals surface area contributed by atoms with Gasteiger partial charge < -0.3 is 5.73 Å². The zero-order valence-electron chi connectivity index (χ0n) is 10.8. The molecule has 0 bridgehead atoms. The smallest absolute Gasteiger partial charge is 0.289 e. The monoisotopic (exact) mass is 298 g/mol. The second-order valence-electron chi connectivity index (χ2n) is 3.89. The molecular formula is C11H14N4O4S. The largest absolute Gasteiger partial charge is 0.399 e. The normalized spacial score (nSPS) is 11.2. The van der Waals surface area contributed by atoms with Crippen molar-refractivity contribution < 1.29 is 13.3 Å². The third-order valence-corrected chi connectivity index (χ3v) is 4.63. The molecule has 1 rings (SSSR count). The summed E-state index contributed by atoms with van der Waals surface area (Å²) in [5.74, 6) is 0. The Balaban J connectivity index is 3.37. The molecule has 1 aromatic rings. The second kappa shape index (κ2) is 6.31. The van der Waals surface area contributed by atoms with E-state index in [1.165, 1.54) is 6.07 Å². The average Bonchev–Trinajstić information content (AvgIpc) is 2.38. The summed E-state index contributed by atoms with van der Waals surface area (Å²) < 4.78 is 25.8. The predicted molar refractivity (Wildman–Crippen MR) is 72.2 cm³/mol. The van der Waals surface area contributed by atoms with Crippen molar-refractivity contribution in [1.82, 2.24) is 4.31 Å². The first-order chi connectivity index (χ1) is 9.34. The van der Waals surface area contributed by atoms with Crippen molar-refractivity contribution in [1.29, 1.82) is 5.26 Å². The first kappa shape index (κ1) is 15.9. The molecule has 0 unspecified atom stereocenters. The van der Waals surface area contributed by atoms with E-state index in [-0.39, 0.29) is 25.2 Å². The molecule has 0 aliphatic heterocycles. The van der Waals surface area contributed by atoms with Crippen molar-refractivity contribution in [2.24, 2.45) is 0 Å². The number of nitrogen functional groups attached to an aromatic ring is 1. The Labute approximate surface area is 116 Å². The minimum Gasteiger partial charge on any atom is -0.399 e. The van der Waals surface area contributed by atoms with Gasteiger partial charge in [-0.3, -0.25) is 10.1 Å². The van der Waals surface area contributed by atoms with Crippen molar-refractivity contribution in [2.75, 3.05) is 18.8 Å². The summed E-state index contributed by atoms with van der Waals surface area (Å²) >= 11 is 0. The molecule has 108 valence electrons. The SMILES string of the molecule is CCN(CCC#N)S(=O)(=O)c1cc(N)ccc1[N+](=O)[O-]. The fraction of sp³-hybridized carbons (Fsp3) is 0.364. The summed E-state index contributed by atoms with van der Waals surface area (Å²) in [7, 11) is -4.06. The summed E-state index contributed by atoms with van der Waals surface area (Å²) in [6.07, 6.45) is 0.00316. The van der Waals surface area contributed by atoms with E-state index in [4.69, 9.17) is 11.0 Å². The van der Waals surface area contributed by atoms with Crippen LogP contribution in [0.5, 0.6) is 0 Å². The van der Waals surface area contributed by atoms with Crippen molar-refractivity contribution in [3.63, 3.8) is 0 Å². The lowest BCUT2D eigenvalue weighted by Gasteiger charge is -2.19. The molecule has 1 aromatic carbocycles. The molecule has 2 N–H and O–H groups in total. The number of rotatable bonds is 6. The number of nitrogens with zero attached hydrogens (tertiary/aromatic N) is 3. The molecular weight excluding hydrogens is 284 g/mol. The second-order valence-corrected chi connectivity index (χ2v) is 5.80. The van der Waals surface area contributed by atoms with Gasteiger partial charge in [0.2, 0.25) is 10.0 Å². The minimum absolute atomic E-state index is 0.00316. The van der Waals surface area contributed by atoms with Gasteiger partial charge in [0.15, 0.2) is 4.90 Å². The number of hydrogen-bond donors (Lipinski definition) is 1. The van der Waals surface area contributed by atoms with Crippen LogP contribution in [0.15, 0.2) is 23.1 Å². The molecule has 20 heavy (non-hydrogen) atoms. The van der Waals surface area contributed by atoms with E-state index in [9.17, 15) is 18.5 Å². The number of hydrogen-bond acceptors (Lipinski definition) is 6. The van der Waals surface area contributed by atoms with E-state index >= 15 is 0 Å². The van der Waals surface area contributed by atoms with Gasteiger partial charge in [0.1, 0.15) is 0 Å². The average molecular weight is 298 g/mol. The van der Waals surface area contributed by atoms with Crippen LogP contribution in [0, 0.1) is 21.4 Å². The van der Waals surface area contributed by atoms with Gasteiger partial charge in [0.25, 0.3) is 5.69 Å². The fourth-order valence-corrected chi connectivity index (χ4v) is 3.29. The highest BCUT2D eigenvalue weighted by molar-refractivity contribution is 7.89. The number of nitriles is 1. The van der Waals surface area contributed by atoms with Gasteiger partial charge >= 0.3 is 0 Å².